The summed E-state index contributed by atoms with van der Waals surface area (Å²) < 4.78 is 6.70. The zero-order chi connectivity index (χ0) is 20.9. The molecule has 0 saturated heterocycles. The lowest BCUT2D eigenvalue weighted by atomic mass is 10.1. The van der Waals surface area contributed by atoms with E-state index in [2.05, 4.69) is 10.3 Å². The molecule has 4 aromatic rings. The van der Waals surface area contributed by atoms with Crippen molar-refractivity contribution in [2.75, 3.05) is 7.11 Å². The van der Waals surface area contributed by atoms with Crippen molar-refractivity contribution in [1.29, 1.82) is 0 Å². The highest BCUT2D eigenvalue weighted by Gasteiger charge is 2.16. The van der Waals surface area contributed by atoms with Crippen LogP contribution in [-0.2, 0) is 6.54 Å². The summed E-state index contributed by atoms with van der Waals surface area (Å²) >= 11 is 1.64. The molecule has 0 atom stereocenters. The Kier molecular flexibility index (Phi) is 5.72. The van der Waals surface area contributed by atoms with Gasteiger partial charge in [-0.25, -0.2) is 0 Å². The first-order valence-electron chi connectivity index (χ1n) is 9.28. The van der Waals surface area contributed by atoms with Gasteiger partial charge in [0.25, 0.3) is 11.5 Å². The van der Waals surface area contributed by atoms with E-state index in [0.717, 1.165) is 16.0 Å². The molecule has 3 heterocycles. The van der Waals surface area contributed by atoms with Crippen LogP contribution in [0.25, 0.3) is 16.1 Å². The molecule has 30 heavy (non-hydrogen) atoms. The number of carbonyl (C=O) groups is 1. The van der Waals surface area contributed by atoms with Crippen LogP contribution in [0.3, 0.4) is 0 Å². The number of pyridine rings is 2. The summed E-state index contributed by atoms with van der Waals surface area (Å²) in [6, 6.07) is 16.5. The molecular formula is C23H19N3O3S. The molecule has 1 aromatic carbocycles. The number of hydrogen-bond donors (Lipinski definition) is 1. The maximum Gasteiger partial charge on any atom is 0.258 e. The van der Waals surface area contributed by atoms with E-state index < -0.39 is 0 Å². The summed E-state index contributed by atoms with van der Waals surface area (Å²) in [5.41, 5.74) is 2.56. The second-order valence-electron chi connectivity index (χ2n) is 6.54. The standard InChI is InChI=1S/C23H19N3O3S/c1-29-20-11-22(27)26(18-6-3-2-4-7-18)15-19(20)23(28)25-13-16-10-17(14-24-12-16)21-8-5-9-30-21/h2-12,14-15H,13H2,1H3,(H,25,28). The van der Waals surface area contributed by atoms with E-state index in [1.54, 1.807) is 35.9 Å². The number of carbonyl (C=O) groups excluding carboxylic acids is 1. The monoisotopic (exact) mass is 417 g/mol. The Morgan fingerprint density at radius 3 is 2.70 bits per heavy atom. The zero-order valence-corrected chi connectivity index (χ0v) is 17.1. The number of amides is 1. The quantitative estimate of drug-likeness (QED) is 0.516. The minimum atomic E-state index is -0.335. The van der Waals surface area contributed by atoms with E-state index in [0.29, 0.717) is 12.2 Å². The third-order valence-corrected chi connectivity index (χ3v) is 5.49. The number of hydrogen-bond acceptors (Lipinski definition) is 5. The van der Waals surface area contributed by atoms with Gasteiger partial charge in [0.15, 0.2) is 0 Å². The molecule has 7 heteroatoms. The van der Waals surface area contributed by atoms with E-state index in [-0.39, 0.29) is 22.8 Å². The number of para-hydroxylation sites is 1. The number of benzene rings is 1. The van der Waals surface area contributed by atoms with Crippen LogP contribution in [0, 0.1) is 0 Å². The zero-order valence-electron chi connectivity index (χ0n) is 16.2. The minimum Gasteiger partial charge on any atom is -0.496 e. The fourth-order valence-electron chi connectivity index (χ4n) is 3.08. The van der Waals surface area contributed by atoms with Gasteiger partial charge >= 0.3 is 0 Å². The SMILES string of the molecule is COc1cc(=O)n(-c2ccccc2)cc1C(=O)NCc1cncc(-c2cccs2)c1. The first kappa shape index (κ1) is 19.6. The summed E-state index contributed by atoms with van der Waals surface area (Å²) in [4.78, 5) is 30.7. The van der Waals surface area contributed by atoms with Crippen LogP contribution in [0.4, 0.5) is 0 Å². The lowest BCUT2D eigenvalue weighted by Crippen LogP contribution is -2.27. The van der Waals surface area contributed by atoms with Crippen molar-refractivity contribution in [3.63, 3.8) is 0 Å². The number of aromatic nitrogens is 2. The third kappa shape index (κ3) is 4.16. The Morgan fingerprint density at radius 1 is 1.13 bits per heavy atom. The van der Waals surface area contributed by atoms with Crippen LogP contribution in [0.5, 0.6) is 5.75 Å². The van der Waals surface area contributed by atoms with Crippen molar-refractivity contribution in [3.8, 4) is 21.9 Å². The van der Waals surface area contributed by atoms with Crippen LogP contribution in [-0.4, -0.2) is 22.6 Å². The van der Waals surface area contributed by atoms with Gasteiger partial charge < -0.3 is 10.1 Å². The average molecular weight is 417 g/mol. The van der Waals surface area contributed by atoms with Crippen LogP contribution < -0.4 is 15.6 Å². The first-order chi connectivity index (χ1) is 14.7. The second-order valence-corrected chi connectivity index (χ2v) is 7.49. The van der Waals surface area contributed by atoms with Gasteiger partial charge in [-0.3, -0.25) is 19.1 Å². The lowest BCUT2D eigenvalue weighted by Gasteiger charge is -2.13. The van der Waals surface area contributed by atoms with Crippen molar-refractivity contribution in [3.05, 3.63) is 100 Å². The Balaban J connectivity index is 1.58. The molecule has 0 aliphatic carbocycles. The number of ether oxygens (including phenoxy) is 1. The Bertz CT molecular complexity index is 1220. The lowest BCUT2D eigenvalue weighted by molar-refractivity contribution is 0.0947. The molecule has 1 amide bonds. The summed E-state index contributed by atoms with van der Waals surface area (Å²) in [6.45, 7) is 0.304. The van der Waals surface area contributed by atoms with Gasteiger partial charge in [-0.2, -0.15) is 0 Å². The van der Waals surface area contributed by atoms with Gasteiger partial charge in [0.2, 0.25) is 0 Å². The predicted molar refractivity (Wildman–Crippen MR) is 117 cm³/mol. The van der Waals surface area contributed by atoms with E-state index in [9.17, 15) is 9.59 Å². The number of nitrogens with zero attached hydrogens (tertiary/aromatic N) is 2. The van der Waals surface area contributed by atoms with Crippen molar-refractivity contribution < 1.29 is 9.53 Å². The number of methoxy groups -OCH3 is 1. The van der Waals surface area contributed by atoms with E-state index >= 15 is 0 Å². The number of rotatable bonds is 6. The van der Waals surface area contributed by atoms with Crippen LogP contribution in [0.1, 0.15) is 15.9 Å². The molecule has 0 radical (unpaired) electrons. The van der Waals surface area contributed by atoms with E-state index in [1.165, 1.54) is 23.9 Å². The second kappa shape index (κ2) is 8.75. The molecule has 6 nitrogen and oxygen atoms in total. The van der Waals surface area contributed by atoms with Gasteiger partial charge in [-0.15, -0.1) is 11.3 Å². The largest absolute Gasteiger partial charge is 0.496 e. The van der Waals surface area contributed by atoms with Gasteiger partial charge in [0, 0.05) is 47.3 Å². The molecule has 0 unspecified atom stereocenters. The average Bonchev–Trinajstić information content (AvgIpc) is 3.33. The van der Waals surface area contributed by atoms with Gasteiger partial charge in [0.1, 0.15) is 5.75 Å². The Hall–Kier alpha value is -3.71. The summed E-state index contributed by atoms with van der Waals surface area (Å²) in [5, 5.41) is 4.90. The molecule has 0 bridgehead atoms. The fraction of sp³-hybridized carbons (Fsp3) is 0.0870. The highest BCUT2D eigenvalue weighted by Crippen LogP contribution is 2.24. The van der Waals surface area contributed by atoms with Crippen molar-refractivity contribution in [2.24, 2.45) is 0 Å². The molecule has 4 rings (SSSR count). The van der Waals surface area contributed by atoms with Crippen LogP contribution in [0.15, 0.2) is 83.4 Å². The Labute approximate surface area is 177 Å². The highest BCUT2D eigenvalue weighted by atomic mass is 32.1. The van der Waals surface area contributed by atoms with Gasteiger partial charge in [-0.1, -0.05) is 24.3 Å². The van der Waals surface area contributed by atoms with Crippen molar-refractivity contribution in [2.45, 2.75) is 6.54 Å². The highest BCUT2D eigenvalue weighted by molar-refractivity contribution is 7.13. The normalized spacial score (nSPS) is 10.6. The van der Waals surface area contributed by atoms with Crippen molar-refractivity contribution >= 4 is 17.2 Å². The maximum absolute atomic E-state index is 12.9. The fourth-order valence-corrected chi connectivity index (χ4v) is 3.79. The summed E-state index contributed by atoms with van der Waals surface area (Å²) in [7, 11) is 1.44. The molecule has 150 valence electrons. The van der Waals surface area contributed by atoms with Gasteiger partial charge in [0.05, 0.1) is 12.7 Å². The third-order valence-electron chi connectivity index (χ3n) is 4.57. The molecule has 0 aliphatic heterocycles. The number of thiophene rings is 1. The molecule has 0 saturated carbocycles. The molecule has 3 aromatic heterocycles. The maximum atomic E-state index is 12.9. The minimum absolute atomic E-state index is 0.232. The molecule has 0 fully saturated rings. The molecule has 0 spiro atoms. The molecule has 1 N–H and O–H groups in total. The van der Waals surface area contributed by atoms with Gasteiger partial charge in [-0.05, 0) is 35.2 Å². The van der Waals surface area contributed by atoms with Crippen LogP contribution >= 0.6 is 11.3 Å². The topological polar surface area (TPSA) is 73.2 Å². The van der Waals surface area contributed by atoms with Crippen molar-refractivity contribution in [1.82, 2.24) is 14.9 Å². The van der Waals surface area contributed by atoms with E-state index in [1.807, 2.05) is 41.8 Å². The molecule has 0 aliphatic rings. The summed E-state index contributed by atoms with van der Waals surface area (Å²) in [6.07, 6.45) is 5.03. The Morgan fingerprint density at radius 2 is 1.97 bits per heavy atom. The number of nitrogens with one attached hydrogen (secondary N) is 1. The van der Waals surface area contributed by atoms with E-state index in [4.69, 9.17) is 4.74 Å². The molecular weight excluding hydrogens is 398 g/mol. The summed E-state index contributed by atoms with van der Waals surface area (Å²) in [5.74, 6) is -0.104. The smallest absolute Gasteiger partial charge is 0.258 e. The first-order valence-corrected chi connectivity index (χ1v) is 10.2. The predicted octanol–water partition coefficient (Wildman–Crippen LogP) is 3.90. The van der Waals surface area contributed by atoms with Crippen LogP contribution in [0.2, 0.25) is 0 Å².